The van der Waals surface area contributed by atoms with Crippen molar-refractivity contribution in [3.05, 3.63) is 35.4 Å². The maximum atomic E-state index is 12.1. The molecule has 94 valence electrons. The molecule has 1 rings (SSSR count). The normalized spacial score (nSPS) is 13.2. The number of aliphatic hydroxyl groups excluding tert-OH is 1. The van der Waals surface area contributed by atoms with Gasteiger partial charge in [0.15, 0.2) is 0 Å². The minimum absolute atomic E-state index is 0.0522. The van der Waals surface area contributed by atoms with Crippen LogP contribution in [0.1, 0.15) is 43.6 Å². The summed E-state index contributed by atoms with van der Waals surface area (Å²) in [5, 5.41) is 11.7. The number of benzene rings is 1. The van der Waals surface area contributed by atoms with Gasteiger partial charge in [0, 0.05) is 11.6 Å². The second-order valence-corrected chi connectivity index (χ2v) is 5.35. The quantitative estimate of drug-likeness (QED) is 0.843. The highest BCUT2D eigenvalue weighted by atomic mass is 16.3. The Morgan fingerprint density at radius 2 is 1.94 bits per heavy atom. The molecule has 1 amide bonds. The van der Waals surface area contributed by atoms with Crippen LogP contribution < -0.4 is 5.32 Å². The topological polar surface area (TPSA) is 49.3 Å². The summed E-state index contributed by atoms with van der Waals surface area (Å²) in [6.45, 7) is 7.96. The van der Waals surface area contributed by atoms with E-state index in [0.29, 0.717) is 5.56 Å². The molecule has 1 atom stereocenters. The predicted molar refractivity (Wildman–Crippen MR) is 69.2 cm³/mol. The SMILES string of the molecule is CC(CO)NC(=O)c1ccccc1C(C)(C)C. The molecule has 0 saturated heterocycles. The van der Waals surface area contributed by atoms with E-state index in [1.807, 2.05) is 24.3 Å². The lowest BCUT2D eigenvalue weighted by Gasteiger charge is -2.23. The highest BCUT2D eigenvalue weighted by Gasteiger charge is 2.21. The molecule has 0 aliphatic carbocycles. The van der Waals surface area contributed by atoms with Gasteiger partial charge in [-0.2, -0.15) is 0 Å². The van der Waals surface area contributed by atoms with Gasteiger partial charge in [0.2, 0.25) is 0 Å². The number of amides is 1. The number of hydrogen-bond acceptors (Lipinski definition) is 2. The Hall–Kier alpha value is -1.35. The number of nitrogens with one attached hydrogen (secondary N) is 1. The van der Waals surface area contributed by atoms with E-state index in [9.17, 15) is 4.79 Å². The summed E-state index contributed by atoms with van der Waals surface area (Å²) in [4.78, 5) is 12.1. The molecule has 0 aliphatic heterocycles. The summed E-state index contributed by atoms with van der Waals surface area (Å²) in [6, 6.07) is 7.36. The van der Waals surface area contributed by atoms with Crippen molar-refractivity contribution in [2.75, 3.05) is 6.61 Å². The van der Waals surface area contributed by atoms with Gasteiger partial charge in [-0.3, -0.25) is 4.79 Å². The lowest BCUT2D eigenvalue weighted by atomic mass is 9.83. The first-order valence-electron chi connectivity index (χ1n) is 5.87. The second kappa shape index (κ2) is 5.32. The maximum Gasteiger partial charge on any atom is 0.251 e. The number of carbonyl (C=O) groups is 1. The molecule has 2 N–H and O–H groups in total. The van der Waals surface area contributed by atoms with Crippen LogP contribution in [-0.4, -0.2) is 23.7 Å². The molecule has 0 spiro atoms. The molecular formula is C14H21NO2. The number of carbonyl (C=O) groups excluding carboxylic acids is 1. The molecule has 1 unspecified atom stereocenters. The Morgan fingerprint density at radius 3 is 2.47 bits per heavy atom. The van der Waals surface area contributed by atoms with E-state index < -0.39 is 0 Å². The summed E-state index contributed by atoms with van der Waals surface area (Å²) in [7, 11) is 0. The fourth-order valence-corrected chi connectivity index (χ4v) is 1.68. The largest absolute Gasteiger partial charge is 0.394 e. The molecule has 0 bridgehead atoms. The van der Waals surface area contributed by atoms with Crippen molar-refractivity contribution < 1.29 is 9.90 Å². The molecule has 17 heavy (non-hydrogen) atoms. The van der Waals surface area contributed by atoms with Gasteiger partial charge in [0.1, 0.15) is 0 Å². The van der Waals surface area contributed by atoms with Gasteiger partial charge in [-0.05, 0) is 24.0 Å². The molecule has 3 heteroatoms. The number of aliphatic hydroxyl groups is 1. The van der Waals surface area contributed by atoms with E-state index in [1.165, 1.54) is 0 Å². The molecule has 3 nitrogen and oxygen atoms in total. The first-order chi connectivity index (χ1) is 7.86. The molecule has 0 aliphatic rings. The van der Waals surface area contributed by atoms with E-state index in [4.69, 9.17) is 5.11 Å². The van der Waals surface area contributed by atoms with Crippen LogP contribution in [0.2, 0.25) is 0 Å². The Balaban J connectivity index is 3.02. The van der Waals surface area contributed by atoms with Crippen LogP contribution in [0.4, 0.5) is 0 Å². The van der Waals surface area contributed by atoms with Crippen LogP contribution in [0, 0.1) is 0 Å². The van der Waals surface area contributed by atoms with Gasteiger partial charge >= 0.3 is 0 Å². The van der Waals surface area contributed by atoms with Gasteiger partial charge in [-0.25, -0.2) is 0 Å². The van der Waals surface area contributed by atoms with Crippen molar-refractivity contribution in [1.29, 1.82) is 0 Å². The van der Waals surface area contributed by atoms with E-state index in [2.05, 4.69) is 26.1 Å². The monoisotopic (exact) mass is 235 g/mol. The smallest absolute Gasteiger partial charge is 0.251 e. The summed E-state index contributed by atoms with van der Waals surface area (Å²) in [5.74, 6) is -0.128. The molecular weight excluding hydrogens is 214 g/mol. The van der Waals surface area contributed by atoms with Crippen molar-refractivity contribution in [2.24, 2.45) is 0 Å². The Labute approximate surface area is 103 Å². The van der Waals surface area contributed by atoms with Crippen molar-refractivity contribution >= 4 is 5.91 Å². The highest BCUT2D eigenvalue weighted by molar-refractivity contribution is 5.96. The third-order valence-electron chi connectivity index (χ3n) is 2.63. The molecule has 0 fully saturated rings. The lowest BCUT2D eigenvalue weighted by Crippen LogP contribution is -2.36. The van der Waals surface area contributed by atoms with E-state index in [0.717, 1.165) is 5.56 Å². The molecule has 0 heterocycles. The third kappa shape index (κ3) is 3.56. The third-order valence-corrected chi connectivity index (χ3v) is 2.63. The Morgan fingerprint density at radius 1 is 1.35 bits per heavy atom. The minimum atomic E-state index is -0.226. The summed E-state index contributed by atoms with van der Waals surface area (Å²) in [6.07, 6.45) is 0. The maximum absolute atomic E-state index is 12.1. The van der Waals surface area contributed by atoms with Gasteiger partial charge < -0.3 is 10.4 Å². The van der Waals surface area contributed by atoms with Crippen molar-refractivity contribution in [3.63, 3.8) is 0 Å². The zero-order chi connectivity index (χ0) is 13.1. The number of rotatable bonds is 3. The number of hydrogen-bond donors (Lipinski definition) is 2. The summed E-state index contributed by atoms with van der Waals surface area (Å²) in [5.41, 5.74) is 1.62. The van der Waals surface area contributed by atoms with Crippen LogP contribution in [0.25, 0.3) is 0 Å². The van der Waals surface area contributed by atoms with Crippen LogP contribution in [0.15, 0.2) is 24.3 Å². The van der Waals surface area contributed by atoms with Crippen molar-refractivity contribution in [1.82, 2.24) is 5.32 Å². The Kier molecular flexibility index (Phi) is 4.29. The lowest BCUT2D eigenvalue weighted by molar-refractivity contribution is 0.0920. The van der Waals surface area contributed by atoms with Gasteiger partial charge in [-0.1, -0.05) is 39.0 Å². The minimum Gasteiger partial charge on any atom is -0.394 e. The standard InChI is InChI=1S/C14H21NO2/c1-10(9-16)15-13(17)11-7-5-6-8-12(11)14(2,3)4/h5-8,10,16H,9H2,1-4H3,(H,15,17). The highest BCUT2D eigenvalue weighted by Crippen LogP contribution is 2.25. The molecule has 0 aromatic heterocycles. The first kappa shape index (κ1) is 13.7. The summed E-state index contributed by atoms with van der Waals surface area (Å²) < 4.78 is 0. The van der Waals surface area contributed by atoms with Crippen molar-refractivity contribution in [3.8, 4) is 0 Å². The summed E-state index contributed by atoms with van der Waals surface area (Å²) >= 11 is 0. The fraction of sp³-hybridized carbons (Fsp3) is 0.500. The first-order valence-corrected chi connectivity index (χ1v) is 5.87. The molecule has 0 radical (unpaired) electrons. The average molecular weight is 235 g/mol. The predicted octanol–water partition coefficient (Wildman–Crippen LogP) is 2.09. The van der Waals surface area contributed by atoms with Gasteiger partial charge in [0.25, 0.3) is 5.91 Å². The van der Waals surface area contributed by atoms with Gasteiger partial charge in [0.05, 0.1) is 6.61 Å². The molecule has 1 aromatic rings. The Bertz CT molecular complexity index is 393. The average Bonchev–Trinajstić information content (AvgIpc) is 2.27. The second-order valence-electron chi connectivity index (χ2n) is 5.35. The zero-order valence-electron chi connectivity index (χ0n) is 10.9. The molecule has 1 aromatic carbocycles. The molecule has 0 saturated carbocycles. The van der Waals surface area contributed by atoms with Crippen LogP contribution in [0.5, 0.6) is 0 Å². The van der Waals surface area contributed by atoms with Crippen LogP contribution in [0.3, 0.4) is 0 Å². The fourth-order valence-electron chi connectivity index (χ4n) is 1.68. The van der Waals surface area contributed by atoms with Crippen molar-refractivity contribution in [2.45, 2.75) is 39.2 Å². The zero-order valence-corrected chi connectivity index (χ0v) is 10.9. The van der Waals surface area contributed by atoms with E-state index in [-0.39, 0.29) is 24.0 Å². The van der Waals surface area contributed by atoms with Crippen LogP contribution in [-0.2, 0) is 5.41 Å². The van der Waals surface area contributed by atoms with Crippen LogP contribution >= 0.6 is 0 Å². The van der Waals surface area contributed by atoms with Gasteiger partial charge in [-0.15, -0.1) is 0 Å². The van der Waals surface area contributed by atoms with E-state index >= 15 is 0 Å². The van der Waals surface area contributed by atoms with E-state index in [1.54, 1.807) is 6.92 Å².